The van der Waals surface area contributed by atoms with Crippen molar-refractivity contribution in [3.8, 4) is 5.88 Å². The number of pyridine rings is 1. The smallest absolute Gasteiger partial charge is 0.267 e. The van der Waals surface area contributed by atoms with Gasteiger partial charge in [-0.05, 0) is 25.5 Å². The molecule has 0 atom stereocenters. The molecule has 0 aromatic carbocycles. The Kier molecular flexibility index (Phi) is 4.30. The molecule has 1 amide bonds. The number of aromatic nitrogens is 3. The first kappa shape index (κ1) is 16.1. The predicted octanol–water partition coefficient (Wildman–Crippen LogP) is 2.35. The summed E-state index contributed by atoms with van der Waals surface area (Å²) in [6, 6.07) is 5.15. The minimum Gasteiger partial charge on any atom is -0.478 e. The van der Waals surface area contributed by atoms with Crippen LogP contribution < -0.4 is 15.6 Å². The lowest BCUT2D eigenvalue weighted by molar-refractivity contribution is 0.102. The average molecular weight is 344 g/mol. The van der Waals surface area contributed by atoms with Crippen molar-refractivity contribution >= 4 is 33.3 Å². The first-order valence-corrected chi connectivity index (χ1v) is 8.18. The van der Waals surface area contributed by atoms with Gasteiger partial charge in [-0.1, -0.05) is 6.07 Å². The zero-order chi connectivity index (χ0) is 17.3. The number of carbonyl (C=O) groups excluding carboxylic acids is 1. The first-order chi connectivity index (χ1) is 11.5. The summed E-state index contributed by atoms with van der Waals surface area (Å²) in [5.41, 5.74) is 0.464. The molecule has 0 radical (unpaired) electrons. The molecular formula is C16H16N4O3S. The van der Waals surface area contributed by atoms with Crippen molar-refractivity contribution in [2.24, 2.45) is 7.05 Å². The number of ether oxygens (including phenoxy) is 1. The first-order valence-electron chi connectivity index (χ1n) is 7.37. The lowest BCUT2D eigenvalue weighted by atomic mass is 10.2. The monoisotopic (exact) mass is 344 g/mol. The third-order valence-electron chi connectivity index (χ3n) is 3.47. The maximum Gasteiger partial charge on any atom is 0.267 e. The number of hydrogen-bond acceptors (Lipinski definition) is 6. The summed E-state index contributed by atoms with van der Waals surface area (Å²) in [6.45, 7) is 4.11. The fourth-order valence-electron chi connectivity index (χ4n) is 2.31. The number of anilines is 1. The summed E-state index contributed by atoms with van der Waals surface area (Å²) >= 11 is 1.19. The van der Waals surface area contributed by atoms with E-state index in [0.717, 1.165) is 0 Å². The summed E-state index contributed by atoms with van der Waals surface area (Å²) in [5.74, 6) is 0.515. The normalized spacial score (nSPS) is 10.8. The Morgan fingerprint density at radius 3 is 2.96 bits per heavy atom. The molecule has 0 spiro atoms. The van der Waals surface area contributed by atoms with E-state index >= 15 is 0 Å². The van der Waals surface area contributed by atoms with Crippen LogP contribution in [0.3, 0.4) is 0 Å². The van der Waals surface area contributed by atoms with E-state index in [1.165, 1.54) is 22.2 Å². The number of rotatable bonds is 4. The maximum absolute atomic E-state index is 12.6. The maximum atomic E-state index is 12.6. The van der Waals surface area contributed by atoms with Gasteiger partial charge < -0.3 is 14.6 Å². The van der Waals surface area contributed by atoms with Crippen molar-refractivity contribution < 1.29 is 9.53 Å². The van der Waals surface area contributed by atoms with Gasteiger partial charge in [0.05, 0.1) is 23.2 Å². The summed E-state index contributed by atoms with van der Waals surface area (Å²) < 4.78 is 6.72. The van der Waals surface area contributed by atoms with Crippen molar-refractivity contribution in [3.63, 3.8) is 0 Å². The molecule has 0 fully saturated rings. The topological polar surface area (TPSA) is 86.1 Å². The fourth-order valence-corrected chi connectivity index (χ4v) is 3.35. The Hall–Kier alpha value is -2.74. The second kappa shape index (κ2) is 6.40. The number of carbonyl (C=O) groups is 1. The van der Waals surface area contributed by atoms with E-state index in [2.05, 4.69) is 15.3 Å². The van der Waals surface area contributed by atoms with Gasteiger partial charge >= 0.3 is 0 Å². The third-order valence-corrected chi connectivity index (χ3v) is 4.67. The van der Waals surface area contributed by atoms with Gasteiger partial charge in [0, 0.05) is 13.1 Å². The molecule has 0 saturated heterocycles. The number of aryl methyl sites for hydroxylation is 2. The van der Waals surface area contributed by atoms with Crippen LogP contribution in [-0.4, -0.2) is 27.0 Å². The zero-order valence-electron chi connectivity index (χ0n) is 13.5. The summed E-state index contributed by atoms with van der Waals surface area (Å²) in [5, 5.41) is 3.21. The number of thiophene rings is 1. The van der Waals surface area contributed by atoms with Crippen molar-refractivity contribution in [1.29, 1.82) is 0 Å². The molecule has 3 rings (SSSR count). The molecule has 0 aliphatic carbocycles. The molecule has 24 heavy (non-hydrogen) atoms. The largest absolute Gasteiger partial charge is 0.478 e. The van der Waals surface area contributed by atoms with E-state index in [4.69, 9.17) is 4.74 Å². The predicted molar refractivity (Wildman–Crippen MR) is 93.0 cm³/mol. The molecule has 3 heterocycles. The second-order valence-electron chi connectivity index (χ2n) is 5.15. The minimum absolute atomic E-state index is 0.163. The highest BCUT2D eigenvalue weighted by Gasteiger charge is 2.19. The fraction of sp³-hybridized carbons (Fsp3) is 0.250. The van der Waals surface area contributed by atoms with Crippen LogP contribution >= 0.6 is 11.3 Å². The van der Waals surface area contributed by atoms with Gasteiger partial charge in [0.2, 0.25) is 5.88 Å². The lowest BCUT2D eigenvalue weighted by Gasteiger charge is -2.06. The Morgan fingerprint density at radius 1 is 1.42 bits per heavy atom. The number of fused-ring (bicyclic) bond motifs is 1. The van der Waals surface area contributed by atoms with Crippen LogP contribution in [0.2, 0.25) is 0 Å². The van der Waals surface area contributed by atoms with Crippen molar-refractivity contribution in [2.45, 2.75) is 13.8 Å². The summed E-state index contributed by atoms with van der Waals surface area (Å²) in [4.78, 5) is 34.2. The van der Waals surface area contributed by atoms with Gasteiger partial charge in [-0.2, -0.15) is 4.98 Å². The SMILES string of the molecule is CCOc1cccc(NC(=O)c2sc3ncn(C)c(=O)c3c2C)n1. The van der Waals surface area contributed by atoms with Crippen molar-refractivity contribution in [3.05, 3.63) is 45.3 Å². The second-order valence-corrected chi connectivity index (χ2v) is 6.14. The van der Waals surface area contributed by atoms with Gasteiger partial charge in [0.25, 0.3) is 11.5 Å². The van der Waals surface area contributed by atoms with E-state index in [-0.39, 0.29) is 11.5 Å². The number of hydrogen-bond donors (Lipinski definition) is 1. The standard InChI is InChI=1S/C16H16N4O3S/c1-4-23-11-7-5-6-10(18-11)19-14(21)13-9(2)12-15(24-13)17-8-20(3)16(12)22/h5-8H,4H2,1-3H3,(H,18,19,21). The molecular weight excluding hydrogens is 328 g/mol. The third kappa shape index (κ3) is 2.88. The van der Waals surface area contributed by atoms with E-state index in [9.17, 15) is 9.59 Å². The minimum atomic E-state index is -0.321. The lowest BCUT2D eigenvalue weighted by Crippen LogP contribution is -2.17. The molecule has 1 N–H and O–H groups in total. The molecule has 0 bridgehead atoms. The van der Waals surface area contributed by atoms with Crippen LogP contribution in [0.5, 0.6) is 5.88 Å². The molecule has 0 saturated carbocycles. The average Bonchev–Trinajstić information content (AvgIpc) is 2.89. The van der Waals surface area contributed by atoms with Crippen molar-refractivity contribution in [1.82, 2.24) is 14.5 Å². The van der Waals surface area contributed by atoms with Crippen LogP contribution in [0.25, 0.3) is 10.2 Å². The highest BCUT2D eigenvalue weighted by atomic mass is 32.1. The molecule has 124 valence electrons. The summed E-state index contributed by atoms with van der Waals surface area (Å²) in [7, 11) is 1.63. The Bertz CT molecular complexity index is 977. The van der Waals surface area contributed by atoms with Gasteiger partial charge in [-0.3, -0.25) is 9.59 Å². The molecule has 3 aromatic heterocycles. The Balaban J connectivity index is 1.95. The van der Waals surface area contributed by atoms with Gasteiger partial charge in [-0.25, -0.2) is 4.98 Å². The van der Waals surface area contributed by atoms with Crippen LogP contribution in [0.15, 0.2) is 29.3 Å². The van der Waals surface area contributed by atoms with Crippen LogP contribution in [0, 0.1) is 6.92 Å². The number of amides is 1. The van der Waals surface area contributed by atoms with Crippen LogP contribution in [-0.2, 0) is 7.05 Å². The number of nitrogens with one attached hydrogen (secondary N) is 1. The number of nitrogens with zero attached hydrogens (tertiary/aromatic N) is 3. The van der Waals surface area contributed by atoms with Crippen molar-refractivity contribution in [2.75, 3.05) is 11.9 Å². The zero-order valence-corrected chi connectivity index (χ0v) is 14.3. The quantitative estimate of drug-likeness (QED) is 0.785. The molecule has 8 heteroatoms. The Labute approximate surface area is 141 Å². The molecule has 0 unspecified atom stereocenters. The van der Waals surface area contributed by atoms with Gasteiger partial charge in [0.15, 0.2) is 0 Å². The molecule has 0 aliphatic rings. The van der Waals surface area contributed by atoms with E-state index in [1.807, 2.05) is 6.92 Å². The van der Waals surface area contributed by atoms with E-state index in [0.29, 0.717) is 39.0 Å². The van der Waals surface area contributed by atoms with Crippen LogP contribution in [0.1, 0.15) is 22.2 Å². The van der Waals surface area contributed by atoms with Gasteiger partial charge in [-0.15, -0.1) is 11.3 Å². The molecule has 7 nitrogen and oxygen atoms in total. The summed E-state index contributed by atoms with van der Waals surface area (Å²) in [6.07, 6.45) is 1.45. The Morgan fingerprint density at radius 2 is 2.21 bits per heavy atom. The van der Waals surface area contributed by atoms with Crippen LogP contribution in [0.4, 0.5) is 5.82 Å². The van der Waals surface area contributed by atoms with E-state index < -0.39 is 0 Å². The molecule has 3 aromatic rings. The highest BCUT2D eigenvalue weighted by molar-refractivity contribution is 7.20. The highest BCUT2D eigenvalue weighted by Crippen LogP contribution is 2.27. The van der Waals surface area contributed by atoms with E-state index in [1.54, 1.807) is 32.2 Å². The molecule has 0 aliphatic heterocycles. The van der Waals surface area contributed by atoms with Gasteiger partial charge in [0.1, 0.15) is 10.6 Å².